The van der Waals surface area contributed by atoms with Gasteiger partial charge in [-0.2, -0.15) is 0 Å². The van der Waals surface area contributed by atoms with E-state index in [1.54, 1.807) is 0 Å². The Morgan fingerprint density at radius 3 is 3.00 bits per heavy atom. The van der Waals surface area contributed by atoms with Crippen LogP contribution in [0.1, 0.15) is 13.3 Å². The molecule has 1 heterocycles. The van der Waals surface area contributed by atoms with Crippen molar-refractivity contribution < 1.29 is 9.53 Å². The van der Waals surface area contributed by atoms with Crippen LogP contribution >= 0.6 is 0 Å². The highest BCUT2D eigenvalue weighted by Crippen LogP contribution is 2.14. The summed E-state index contributed by atoms with van der Waals surface area (Å²) >= 11 is 0. The minimum atomic E-state index is -0.168. The largest absolute Gasteiger partial charge is 0.380 e. The van der Waals surface area contributed by atoms with Gasteiger partial charge in [0.15, 0.2) is 0 Å². The van der Waals surface area contributed by atoms with Gasteiger partial charge in [0.1, 0.15) is 0 Å². The molecule has 0 saturated carbocycles. The fraction of sp³-hybridized carbons (Fsp3) is 0.889. The lowest BCUT2D eigenvalue weighted by Crippen LogP contribution is -2.29. The van der Waals surface area contributed by atoms with Crippen molar-refractivity contribution in [2.75, 3.05) is 32.8 Å². The highest BCUT2D eigenvalue weighted by molar-refractivity contribution is 5.77. The van der Waals surface area contributed by atoms with E-state index in [1.165, 1.54) is 0 Å². The van der Waals surface area contributed by atoms with Crippen molar-refractivity contribution in [2.24, 2.45) is 11.7 Å². The topological polar surface area (TPSA) is 55.6 Å². The van der Waals surface area contributed by atoms with E-state index in [0.29, 0.717) is 0 Å². The zero-order valence-electron chi connectivity index (χ0n) is 8.16. The molecule has 0 aromatic heterocycles. The third kappa shape index (κ3) is 3.32. The second kappa shape index (κ2) is 5.19. The number of carbonyl (C=O) groups excluding carboxylic acids is 1. The first-order chi connectivity index (χ1) is 6.24. The Kier molecular flexibility index (Phi) is 4.18. The van der Waals surface area contributed by atoms with Crippen molar-refractivity contribution in [2.45, 2.75) is 13.3 Å². The molecule has 0 bridgehead atoms. The van der Waals surface area contributed by atoms with Crippen LogP contribution in [0.5, 0.6) is 0 Å². The van der Waals surface area contributed by atoms with Gasteiger partial charge in [0.05, 0.1) is 12.5 Å². The molecule has 0 aliphatic carbocycles. The summed E-state index contributed by atoms with van der Waals surface area (Å²) in [7, 11) is 0. The van der Waals surface area contributed by atoms with Crippen LogP contribution in [0.3, 0.4) is 0 Å². The number of hydrogen-bond acceptors (Lipinski definition) is 3. The van der Waals surface area contributed by atoms with Gasteiger partial charge in [-0.25, -0.2) is 0 Å². The third-order valence-electron chi connectivity index (χ3n) is 2.43. The lowest BCUT2D eigenvalue weighted by atomic mass is 10.1. The van der Waals surface area contributed by atoms with Gasteiger partial charge in [0.2, 0.25) is 5.91 Å². The van der Waals surface area contributed by atoms with Gasteiger partial charge in [0.25, 0.3) is 0 Å². The Morgan fingerprint density at radius 2 is 2.46 bits per heavy atom. The first kappa shape index (κ1) is 10.5. The second-order valence-corrected chi connectivity index (χ2v) is 3.39. The fourth-order valence-corrected chi connectivity index (χ4v) is 1.61. The normalized spacial score (nSPS) is 23.6. The zero-order valence-corrected chi connectivity index (χ0v) is 8.16. The molecule has 0 aromatic carbocycles. The summed E-state index contributed by atoms with van der Waals surface area (Å²) in [6, 6.07) is 0. The maximum Gasteiger partial charge on any atom is 0.221 e. The SMILES string of the molecule is CCOCCN1CCC(C(N)=O)C1. The molecular weight excluding hydrogens is 168 g/mol. The minimum absolute atomic E-state index is 0.0571. The highest BCUT2D eigenvalue weighted by Gasteiger charge is 2.25. The van der Waals surface area contributed by atoms with E-state index in [9.17, 15) is 4.79 Å². The summed E-state index contributed by atoms with van der Waals surface area (Å²) in [5, 5.41) is 0. The Bertz CT molecular complexity index is 173. The average Bonchev–Trinajstić information content (AvgIpc) is 2.53. The van der Waals surface area contributed by atoms with Crippen LogP contribution in [-0.4, -0.2) is 43.7 Å². The first-order valence-electron chi connectivity index (χ1n) is 4.83. The van der Waals surface area contributed by atoms with Gasteiger partial charge in [-0.15, -0.1) is 0 Å². The van der Waals surface area contributed by atoms with Gasteiger partial charge in [-0.05, 0) is 19.9 Å². The molecular formula is C9H18N2O2. The monoisotopic (exact) mass is 186 g/mol. The van der Waals surface area contributed by atoms with Crippen LogP contribution in [0, 0.1) is 5.92 Å². The zero-order chi connectivity index (χ0) is 9.68. The number of rotatable bonds is 5. The molecule has 1 rings (SSSR count). The molecule has 0 radical (unpaired) electrons. The van der Waals surface area contributed by atoms with Crippen LogP contribution in [-0.2, 0) is 9.53 Å². The summed E-state index contributed by atoms with van der Waals surface area (Å²) in [6.45, 7) is 6.19. The molecule has 4 heteroatoms. The minimum Gasteiger partial charge on any atom is -0.380 e. The van der Waals surface area contributed by atoms with Crippen molar-refractivity contribution in [1.29, 1.82) is 0 Å². The molecule has 76 valence electrons. The number of nitrogens with two attached hydrogens (primary N) is 1. The summed E-state index contributed by atoms with van der Waals surface area (Å²) < 4.78 is 5.23. The third-order valence-corrected chi connectivity index (χ3v) is 2.43. The number of carbonyl (C=O) groups is 1. The van der Waals surface area contributed by atoms with Gasteiger partial charge >= 0.3 is 0 Å². The Balaban J connectivity index is 2.14. The van der Waals surface area contributed by atoms with Gasteiger partial charge in [0, 0.05) is 19.7 Å². The van der Waals surface area contributed by atoms with Gasteiger partial charge in [-0.3, -0.25) is 4.79 Å². The van der Waals surface area contributed by atoms with Gasteiger partial charge < -0.3 is 15.4 Å². The number of ether oxygens (including phenoxy) is 1. The van der Waals surface area contributed by atoms with Crippen LogP contribution in [0.25, 0.3) is 0 Å². The fourth-order valence-electron chi connectivity index (χ4n) is 1.61. The molecule has 1 fully saturated rings. The number of likely N-dealkylation sites (tertiary alicyclic amines) is 1. The van der Waals surface area contributed by atoms with Crippen molar-refractivity contribution >= 4 is 5.91 Å². The number of amides is 1. The van der Waals surface area contributed by atoms with Crippen molar-refractivity contribution in [1.82, 2.24) is 4.90 Å². The predicted octanol–water partition coefficient (Wildman–Crippen LogP) is -0.170. The molecule has 0 aromatic rings. The van der Waals surface area contributed by atoms with Crippen LogP contribution < -0.4 is 5.73 Å². The Morgan fingerprint density at radius 1 is 1.69 bits per heavy atom. The summed E-state index contributed by atoms with van der Waals surface area (Å²) in [4.78, 5) is 13.1. The Labute approximate surface area is 79.0 Å². The summed E-state index contributed by atoms with van der Waals surface area (Å²) in [5.41, 5.74) is 5.22. The molecule has 0 spiro atoms. The highest BCUT2D eigenvalue weighted by atomic mass is 16.5. The number of nitrogens with zero attached hydrogens (tertiary/aromatic N) is 1. The van der Waals surface area contributed by atoms with Crippen molar-refractivity contribution in [3.63, 3.8) is 0 Å². The number of hydrogen-bond donors (Lipinski definition) is 1. The lowest BCUT2D eigenvalue weighted by molar-refractivity contribution is -0.121. The van der Waals surface area contributed by atoms with E-state index < -0.39 is 0 Å². The Hall–Kier alpha value is -0.610. The molecule has 1 atom stereocenters. The van der Waals surface area contributed by atoms with E-state index in [2.05, 4.69) is 4.90 Å². The molecule has 4 nitrogen and oxygen atoms in total. The standard InChI is InChI=1S/C9H18N2O2/c1-2-13-6-5-11-4-3-8(7-11)9(10)12/h8H,2-7H2,1H3,(H2,10,12). The van der Waals surface area contributed by atoms with Gasteiger partial charge in [-0.1, -0.05) is 0 Å². The van der Waals surface area contributed by atoms with E-state index in [4.69, 9.17) is 10.5 Å². The van der Waals surface area contributed by atoms with Crippen LogP contribution in [0.15, 0.2) is 0 Å². The molecule has 1 aliphatic heterocycles. The molecule has 1 saturated heterocycles. The maximum atomic E-state index is 10.8. The molecule has 1 aliphatic rings. The van der Waals surface area contributed by atoms with E-state index in [0.717, 1.165) is 39.3 Å². The van der Waals surface area contributed by atoms with Crippen molar-refractivity contribution in [3.05, 3.63) is 0 Å². The predicted molar refractivity (Wildman–Crippen MR) is 50.2 cm³/mol. The maximum absolute atomic E-state index is 10.8. The van der Waals surface area contributed by atoms with E-state index in [1.807, 2.05) is 6.92 Å². The molecule has 1 amide bonds. The van der Waals surface area contributed by atoms with Crippen LogP contribution in [0.2, 0.25) is 0 Å². The second-order valence-electron chi connectivity index (χ2n) is 3.39. The van der Waals surface area contributed by atoms with E-state index in [-0.39, 0.29) is 11.8 Å². The smallest absolute Gasteiger partial charge is 0.221 e. The van der Waals surface area contributed by atoms with Crippen molar-refractivity contribution in [3.8, 4) is 0 Å². The number of primary amides is 1. The molecule has 13 heavy (non-hydrogen) atoms. The summed E-state index contributed by atoms with van der Waals surface area (Å²) in [6.07, 6.45) is 0.904. The summed E-state index contributed by atoms with van der Waals surface area (Å²) in [5.74, 6) is -0.111. The average molecular weight is 186 g/mol. The quantitative estimate of drug-likeness (QED) is 0.606. The van der Waals surface area contributed by atoms with E-state index >= 15 is 0 Å². The first-order valence-corrected chi connectivity index (χ1v) is 4.83. The lowest BCUT2D eigenvalue weighted by Gasteiger charge is -2.14. The van der Waals surface area contributed by atoms with Crippen LogP contribution in [0.4, 0.5) is 0 Å². The molecule has 2 N–H and O–H groups in total. The molecule has 1 unspecified atom stereocenters.